The summed E-state index contributed by atoms with van der Waals surface area (Å²) in [6.45, 7) is 1.72. The third kappa shape index (κ3) is 9.29. The zero-order chi connectivity index (χ0) is 23.8. The quantitative estimate of drug-likeness (QED) is 0.104. The van der Waals surface area contributed by atoms with Crippen molar-refractivity contribution in [1.29, 1.82) is 0 Å². The number of ether oxygens (including phenoxy) is 2. The normalized spacial score (nSPS) is 23.7. The summed E-state index contributed by atoms with van der Waals surface area (Å²) in [6, 6.07) is 0. The molecule has 182 valence electrons. The predicted octanol–water partition coefficient (Wildman–Crippen LogP) is -6.35. The fraction of sp³-hybridized carbons (Fsp3) is 1.00. The van der Waals surface area contributed by atoms with Crippen molar-refractivity contribution in [2.45, 2.75) is 94.1 Å². The first-order chi connectivity index (χ1) is 13.7. The van der Waals surface area contributed by atoms with Gasteiger partial charge in [0.1, 0.15) is 36.6 Å². The Bertz CT molecular complexity index is 450. The molecule has 0 aliphatic heterocycles. The van der Waals surface area contributed by atoms with Crippen molar-refractivity contribution in [3.8, 4) is 0 Å². The number of hydrogen-bond acceptors (Lipinski definition) is 14. The smallest absolute Gasteiger partial charge is 0.184 e. The predicted molar refractivity (Wildman–Crippen MR) is 95.1 cm³/mol. The molecule has 0 saturated heterocycles. The van der Waals surface area contributed by atoms with Gasteiger partial charge in [0.2, 0.25) is 0 Å². The Kier molecular flexibility index (Phi) is 13.5. The standard InChI is InChI=1S/C16H34O14/c1-5(17)8(20)10(22)15(27)29-4-3-7(19)13(12(24)14(25)26)30-16(28)11(23)9(21)6(2)18/h5-28H,3-4H2,1-2H3. The highest BCUT2D eigenvalue weighted by Gasteiger charge is 2.38. The van der Waals surface area contributed by atoms with Crippen LogP contribution < -0.4 is 0 Å². The molecule has 0 fully saturated rings. The summed E-state index contributed by atoms with van der Waals surface area (Å²) < 4.78 is 9.60. The van der Waals surface area contributed by atoms with Crippen LogP contribution in [0, 0.1) is 0 Å². The Morgan fingerprint density at radius 1 is 0.567 bits per heavy atom. The Hall–Kier alpha value is -0.560. The van der Waals surface area contributed by atoms with Crippen molar-refractivity contribution in [1.82, 2.24) is 0 Å². The molecule has 0 aliphatic rings. The topological polar surface area (TPSA) is 261 Å². The molecule has 0 spiro atoms. The van der Waals surface area contributed by atoms with Gasteiger partial charge in [-0.3, -0.25) is 0 Å². The second kappa shape index (κ2) is 13.8. The van der Waals surface area contributed by atoms with Gasteiger partial charge in [-0.2, -0.15) is 0 Å². The van der Waals surface area contributed by atoms with Crippen LogP contribution in [-0.4, -0.2) is 142 Å². The van der Waals surface area contributed by atoms with Gasteiger partial charge < -0.3 is 70.8 Å². The molecule has 30 heavy (non-hydrogen) atoms. The Morgan fingerprint density at radius 2 is 1.00 bits per heavy atom. The molecule has 0 aromatic carbocycles. The van der Waals surface area contributed by atoms with Crippen molar-refractivity contribution in [3.63, 3.8) is 0 Å². The van der Waals surface area contributed by atoms with Gasteiger partial charge in [-0.25, -0.2) is 0 Å². The lowest BCUT2D eigenvalue weighted by Crippen LogP contribution is -2.52. The maximum Gasteiger partial charge on any atom is 0.184 e. The molecule has 11 unspecified atom stereocenters. The number of aliphatic hydroxyl groups is 12. The van der Waals surface area contributed by atoms with Crippen LogP contribution >= 0.6 is 0 Å². The van der Waals surface area contributed by atoms with E-state index in [2.05, 4.69) is 0 Å². The van der Waals surface area contributed by atoms with Gasteiger partial charge >= 0.3 is 0 Å². The molecule has 14 heteroatoms. The van der Waals surface area contributed by atoms with Gasteiger partial charge in [-0.05, 0) is 20.3 Å². The summed E-state index contributed by atoms with van der Waals surface area (Å²) in [4.78, 5) is 0. The molecule has 0 aliphatic carbocycles. The molecular formula is C16H34O14. The molecular weight excluding hydrogens is 416 g/mol. The van der Waals surface area contributed by atoms with Crippen molar-refractivity contribution in [2.24, 2.45) is 0 Å². The molecule has 0 amide bonds. The Morgan fingerprint density at radius 3 is 1.40 bits per heavy atom. The summed E-state index contributed by atoms with van der Waals surface area (Å²) in [6.07, 6.45) is -23.5. The van der Waals surface area contributed by atoms with Gasteiger partial charge in [-0.1, -0.05) is 0 Å². The summed E-state index contributed by atoms with van der Waals surface area (Å²) in [7, 11) is 0. The first-order valence-corrected chi connectivity index (χ1v) is 9.16. The average Bonchev–Trinajstić information content (AvgIpc) is 2.68. The van der Waals surface area contributed by atoms with E-state index in [9.17, 15) is 46.0 Å². The van der Waals surface area contributed by atoms with E-state index in [4.69, 9.17) is 24.8 Å². The lowest BCUT2D eigenvalue weighted by Gasteiger charge is -2.33. The Labute approximate surface area is 172 Å². The highest BCUT2D eigenvalue weighted by molar-refractivity contribution is 4.82. The fourth-order valence-electron chi connectivity index (χ4n) is 2.29. The summed E-state index contributed by atoms with van der Waals surface area (Å²) in [5.41, 5.74) is 0. The first-order valence-electron chi connectivity index (χ1n) is 9.16. The van der Waals surface area contributed by atoms with E-state index < -0.39 is 86.8 Å². The SMILES string of the molecule is CC(O)C(O)C(O)C(O)OCCC(O)C(OC(O)C(O)C(O)C(C)O)C(O)C(O)O. The zero-order valence-corrected chi connectivity index (χ0v) is 16.5. The van der Waals surface area contributed by atoms with Gasteiger partial charge in [0.25, 0.3) is 0 Å². The monoisotopic (exact) mass is 450 g/mol. The van der Waals surface area contributed by atoms with Crippen LogP contribution in [0.1, 0.15) is 20.3 Å². The van der Waals surface area contributed by atoms with Crippen molar-refractivity contribution >= 4 is 0 Å². The summed E-state index contributed by atoms with van der Waals surface area (Å²) >= 11 is 0. The van der Waals surface area contributed by atoms with Gasteiger partial charge in [-0.15, -0.1) is 0 Å². The second-order valence-corrected chi connectivity index (χ2v) is 6.96. The van der Waals surface area contributed by atoms with Crippen molar-refractivity contribution in [3.05, 3.63) is 0 Å². The van der Waals surface area contributed by atoms with E-state index in [-0.39, 0.29) is 0 Å². The molecule has 12 N–H and O–H groups in total. The van der Waals surface area contributed by atoms with Crippen LogP contribution in [0.3, 0.4) is 0 Å². The lowest BCUT2D eigenvalue weighted by molar-refractivity contribution is -0.270. The highest BCUT2D eigenvalue weighted by atomic mass is 16.6. The molecule has 14 nitrogen and oxygen atoms in total. The van der Waals surface area contributed by atoms with Crippen LogP contribution in [0.25, 0.3) is 0 Å². The third-order valence-electron chi connectivity index (χ3n) is 4.29. The number of rotatable bonds is 15. The van der Waals surface area contributed by atoms with E-state index in [1.807, 2.05) is 0 Å². The third-order valence-corrected chi connectivity index (χ3v) is 4.29. The van der Waals surface area contributed by atoms with E-state index >= 15 is 0 Å². The second-order valence-electron chi connectivity index (χ2n) is 6.96. The molecule has 0 radical (unpaired) electrons. The maximum absolute atomic E-state index is 10.1. The van der Waals surface area contributed by atoms with Crippen LogP contribution in [-0.2, 0) is 9.47 Å². The average molecular weight is 450 g/mol. The van der Waals surface area contributed by atoms with Crippen LogP contribution in [0.15, 0.2) is 0 Å². The van der Waals surface area contributed by atoms with E-state index in [0.29, 0.717) is 0 Å². The van der Waals surface area contributed by atoms with Gasteiger partial charge in [0, 0.05) is 0 Å². The fourth-order valence-corrected chi connectivity index (χ4v) is 2.29. The van der Waals surface area contributed by atoms with E-state index in [0.717, 1.165) is 13.8 Å². The molecule has 0 heterocycles. The van der Waals surface area contributed by atoms with E-state index in [1.165, 1.54) is 0 Å². The molecule has 0 bridgehead atoms. The first kappa shape index (κ1) is 29.4. The maximum atomic E-state index is 10.1. The molecule has 11 atom stereocenters. The molecule has 0 aromatic heterocycles. The summed E-state index contributed by atoms with van der Waals surface area (Å²) in [5, 5.41) is 114. The van der Waals surface area contributed by atoms with E-state index in [1.54, 1.807) is 0 Å². The van der Waals surface area contributed by atoms with Crippen LogP contribution in [0.5, 0.6) is 0 Å². The minimum atomic E-state index is -2.44. The van der Waals surface area contributed by atoms with Crippen molar-refractivity contribution in [2.75, 3.05) is 6.61 Å². The largest absolute Gasteiger partial charge is 0.391 e. The van der Waals surface area contributed by atoms with Gasteiger partial charge in [0.05, 0.1) is 24.9 Å². The van der Waals surface area contributed by atoms with Crippen molar-refractivity contribution < 1.29 is 70.8 Å². The van der Waals surface area contributed by atoms with Gasteiger partial charge in [0.15, 0.2) is 18.9 Å². The molecule has 0 aromatic rings. The minimum absolute atomic E-state index is 0.481. The highest BCUT2D eigenvalue weighted by Crippen LogP contribution is 2.17. The lowest BCUT2D eigenvalue weighted by atomic mass is 10.0. The van der Waals surface area contributed by atoms with Crippen LogP contribution in [0.2, 0.25) is 0 Å². The molecule has 0 saturated carbocycles. The van der Waals surface area contributed by atoms with Crippen LogP contribution in [0.4, 0.5) is 0 Å². The summed E-state index contributed by atoms with van der Waals surface area (Å²) in [5.74, 6) is 0. The minimum Gasteiger partial charge on any atom is -0.391 e. The number of hydrogen-bond donors (Lipinski definition) is 12. The Balaban J connectivity index is 4.94. The zero-order valence-electron chi connectivity index (χ0n) is 16.5. The molecule has 0 rings (SSSR count). The number of aliphatic hydroxyl groups excluding tert-OH is 11.